The molecule has 0 saturated carbocycles. The Bertz CT molecular complexity index is 801. The second kappa shape index (κ2) is 7.52. The van der Waals surface area contributed by atoms with E-state index in [4.69, 9.17) is 0 Å². The van der Waals surface area contributed by atoms with Crippen LogP contribution in [0, 0.1) is 18.6 Å². The fourth-order valence-electron chi connectivity index (χ4n) is 3.38. The normalized spacial score (nSPS) is 19.9. The maximum atomic E-state index is 14.7. The van der Waals surface area contributed by atoms with Crippen LogP contribution in [0.1, 0.15) is 24.0 Å². The van der Waals surface area contributed by atoms with Crippen molar-refractivity contribution in [3.05, 3.63) is 59.2 Å². The highest BCUT2D eigenvalue weighted by Crippen LogP contribution is 2.61. The Morgan fingerprint density at radius 2 is 1.88 bits per heavy atom. The average Bonchev–Trinajstić information content (AvgIpc) is 2.57. The molecule has 0 radical (unpaired) electrons. The number of anilines is 2. The second-order valence-corrected chi connectivity index (χ2v) is 8.81. The Kier molecular flexibility index (Phi) is 5.53. The second-order valence-electron chi connectivity index (χ2n) is 6.66. The SMILES string of the molecule is CNCCCC1Cc2cc(F)ccc2N(c2ccc(C)cc2F)S1(O)O. The third kappa shape index (κ3) is 3.57. The van der Waals surface area contributed by atoms with Gasteiger partial charge in [0.2, 0.25) is 0 Å². The topological polar surface area (TPSA) is 55.7 Å². The van der Waals surface area contributed by atoms with Crippen LogP contribution in [0.2, 0.25) is 0 Å². The molecule has 2 aromatic rings. The molecule has 0 saturated heterocycles. The molecule has 7 heteroatoms. The molecule has 142 valence electrons. The molecule has 0 bridgehead atoms. The van der Waals surface area contributed by atoms with Gasteiger partial charge in [0.1, 0.15) is 11.6 Å². The van der Waals surface area contributed by atoms with Gasteiger partial charge in [0.15, 0.2) is 0 Å². The molecule has 2 aromatic carbocycles. The van der Waals surface area contributed by atoms with Crippen LogP contribution >= 0.6 is 10.8 Å². The van der Waals surface area contributed by atoms with Crippen molar-refractivity contribution in [1.29, 1.82) is 0 Å². The highest BCUT2D eigenvalue weighted by Gasteiger charge is 2.40. The molecular formula is C19H24F2N2O2S. The number of hydrogen-bond acceptors (Lipinski definition) is 4. The summed E-state index contributed by atoms with van der Waals surface area (Å²) in [5, 5.41) is 2.54. The van der Waals surface area contributed by atoms with Gasteiger partial charge in [-0.1, -0.05) is 6.07 Å². The minimum atomic E-state index is -3.32. The number of fused-ring (bicyclic) bond motifs is 1. The molecule has 0 amide bonds. The smallest absolute Gasteiger partial charge is 0.148 e. The molecular weight excluding hydrogens is 358 g/mol. The number of nitrogens with zero attached hydrogens (tertiary/aromatic N) is 1. The van der Waals surface area contributed by atoms with Crippen molar-refractivity contribution in [2.45, 2.75) is 31.4 Å². The highest BCUT2D eigenvalue weighted by molar-refractivity contribution is 8.26. The van der Waals surface area contributed by atoms with Crippen LogP contribution in [0.15, 0.2) is 36.4 Å². The summed E-state index contributed by atoms with van der Waals surface area (Å²) in [7, 11) is -1.49. The van der Waals surface area contributed by atoms with E-state index >= 15 is 0 Å². The van der Waals surface area contributed by atoms with Gasteiger partial charge in [0.05, 0.1) is 16.6 Å². The predicted molar refractivity (Wildman–Crippen MR) is 103 cm³/mol. The van der Waals surface area contributed by atoms with Crippen molar-refractivity contribution >= 4 is 22.2 Å². The van der Waals surface area contributed by atoms with E-state index in [0.29, 0.717) is 24.1 Å². The average molecular weight is 382 g/mol. The summed E-state index contributed by atoms with van der Waals surface area (Å²) in [5.41, 5.74) is 1.94. The van der Waals surface area contributed by atoms with Crippen molar-refractivity contribution in [1.82, 2.24) is 5.32 Å². The van der Waals surface area contributed by atoms with E-state index in [2.05, 4.69) is 5.32 Å². The zero-order chi connectivity index (χ0) is 18.9. The van der Waals surface area contributed by atoms with Gasteiger partial charge in [-0.05, 0) is 81.2 Å². The fourth-order valence-corrected chi connectivity index (χ4v) is 5.47. The molecule has 1 heterocycles. The molecule has 1 aliphatic heterocycles. The summed E-state index contributed by atoms with van der Waals surface area (Å²) in [6.45, 7) is 2.51. The van der Waals surface area contributed by atoms with E-state index in [-0.39, 0.29) is 11.5 Å². The highest BCUT2D eigenvalue weighted by atomic mass is 32.3. The molecule has 3 rings (SSSR count). The standard InChI is InChI=1S/C19H24F2N2O2S/c1-13-5-7-19(17(21)10-13)23-18-8-6-15(20)11-14(18)12-16(26(23,24)25)4-3-9-22-2/h5-8,10-11,16,22,24-25H,3-4,9,12H2,1-2H3. The molecule has 0 aromatic heterocycles. The largest absolute Gasteiger partial charge is 0.320 e. The molecule has 0 aliphatic carbocycles. The van der Waals surface area contributed by atoms with Crippen LogP contribution in [0.5, 0.6) is 0 Å². The molecule has 4 nitrogen and oxygen atoms in total. The van der Waals surface area contributed by atoms with Gasteiger partial charge >= 0.3 is 0 Å². The minimum absolute atomic E-state index is 0.0989. The third-order valence-corrected chi connectivity index (χ3v) is 6.93. The fraction of sp³-hybridized carbons (Fsp3) is 0.368. The summed E-state index contributed by atoms with van der Waals surface area (Å²) >= 11 is 0. The van der Waals surface area contributed by atoms with Gasteiger partial charge in [-0.15, -0.1) is 10.8 Å². The van der Waals surface area contributed by atoms with Crippen molar-refractivity contribution < 1.29 is 17.9 Å². The summed E-state index contributed by atoms with van der Waals surface area (Å²) < 4.78 is 51.8. The number of rotatable bonds is 5. The monoisotopic (exact) mass is 382 g/mol. The molecule has 0 spiro atoms. The lowest BCUT2D eigenvalue weighted by molar-refractivity contribution is 0.453. The van der Waals surface area contributed by atoms with E-state index in [1.54, 1.807) is 19.1 Å². The summed E-state index contributed by atoms with van der Waals surface area (Å²) in [6, 6.07) is 8.77. The Balaban J connectivity index is 2.09. The van der Waals surface area contributed by atoms with E-state index in [1.165, 1.54) is 28.6 Å². The van der Waals surface area contributed by atoms with Gasteiger partial charge in [0.25, 0.3) is 0 Å². The number of hydrogen-bond donors (Lipinski definition) is 3. The molecule has 0 fully saturated rings. The number of nitrogens with one attached hydrogen (secondary N) is 1. The van der Waals surface area contributed by atoms with Crippen molar-refractivity contribution in [3.63, 3.8) is 0 Å². The van der Waals surface area contributed by atoms with Gasteiger partial charge in [-0.25, -0.2) is 13.1 Å². The van der Waals surface area contributed by atoms with Crippen molar-refractivity contribution in [2.24, 2.45) is 0 Å². The molecule has 1 aliphatic rings. The van der Waals surface area contributed by atoms with Crippen molar-refractivity contribution in [3.8, 4) is 0 Å². The lowest BCUT2D eigenvalue weighted by atomic mass is 10.0. The van der Waals surface area contributed by atoms with Crippen LogP contribution in [-0.4, -0.2) is 27.9 Å². The van der Waals surface area contributed by atoms with Gasteiger partial charge in [-0.2, -0.15) is 0 Å². The maximum absolute atomic E-state index is 14.7. The van der Waals surface area contributed by atoms with Gasteiger partial charge in [0, 0.05) is 0 Å². The van der Waals surface area contributed by atoms with Crippen LogP contribution in [0.3, 0.4) is 0 Å². The van der Waals surface area contributed by atoms with Gasteiger partial charge < -0.3 is 5.32 Å². The van der Waals surface area contributed by atoms with Crippen LogP contribution in [0.25, 0.3) is 0 Å². The summed E-state index contributed by atoms with van der Waals surface area (Å²) in [5.74, 6) is -0.920. The van der Waals surface area contributed by atoms with Crippen LogP contribution in [-0.2, 0) is 6.42 Å². The Morgan fingerprint density at radius 3 is 2.58 bits per heavy atom. The quantitative estimate of drug-likeness (QED) is 0.637. The Labute approximate surface area is 154 Å². The first-order valence-electron chi connectivity index (χ1n) is 8.61. The van der Waals surface area contributed by atoms with E-state index in [9.17, 15) is 17.9 Å². The van der Waals surface area contributed by atoms with E-state index in [1.807, 2.05) is 7.05 Å². The Hall–Kier alpha value is -1.67. The first kappa shape index (κ1) is 19.1. The third-order valence-electron chi connectivity index (χ3n) is 4.70. The predicted octanol–water partition coefficient (Wildman–Crippen LogP) is 5.00. The summed E-state index contributed by atoms with van der Waals surface area (Å²) in [4.78, 5) is 0. The first-order valence-corrected chi connectivity index (χ1v) is 10.2. The Morgan fingerprint density at radius 1 is 1.15 bits per heavy atom. The zero-order valence-electron chi connectivity index (χ0n) is 14.9. The molecule has 3 N–H and O–H groups in total. The molecule has 26 heavy (non-hydrogen) atoms. The lowest BCUT2D eigenvalue weighted by Gasteiger charge is -2.53. The first-order chi connectivity index (χ1) is 12.3. The van der Waals surface area contributed by atoms with E-state index < -0.39 is 21.8 Å². The summed E-state index contributed by atoms with van der Waals surface area (Å²) in [6.07, 6.45) is 1.64. The lowest BCUT2D eigenvalue weighted by Crippen LogP contribution is -2.38. The zero-order valence-corrected chi connectivity index (χ0v) is 15.7. The van der Waals surface area contributed by atoms with Crippen molar-refractivity contribution in [2.75, 3.05) is 17.9 Å². The van der Waals surface area contributed by atoms with Crippen LogP contribution < -0.4 is 9.62 Å². The number of benzene rings is 2. The maximum Gasteiger partial charge on any atom is 0.148 e. The van der Waals surface area contributed by atoms with Crippen LogP contribution in [0.4, 0.5) is 20.2 Å². The minimum Gasteiger partial charge on any atom is -0.320 e. The number of halogens is 2. The van der Waals surface area contributed by atoms with E-state index in [0.717, 1.165) is 18.5 Å². The number of aryl methyl sites for hydroxylation is 1. The molecule has 1 atom stereocenters. The van der Waals surface area contributed by atoms with Gasteiger partial charge in [-0.3, -0.25) is 9.11 Å². The molecule has 1 unspecified atom stereocenters.